The number of imide groups is 1. The Morgan fingerprint density at radius 1 is 1.47 bits per heavy atom. The molecular formula is C12H20N2O4Sr. The van der Waals surface area contributed by atoms with Crippen LogP contribution in [-0.2, 0) is 19.1 Å². The third-order valence-corrected chi connectivity index (χ3v) is 5.35. The Morgan fingerprint density at radius 3 is 2.79 bits per heavy atom. The Hall–Kier alpha value is 0.0505. The number of hydrogen-bond acceptors (Lipinski definition) is 4. The third kappa shape index (κ3) is 5.91. The van der Waals surface area contributed by atoms with E-state index in [0.29, 0.717) is 19.6 Å². The number of carbonyl (C=O) groups excluding carboxylic acids is 3. The summed E-state index contributed by atoms with van der Waals surface area (Å²) in [5.41, 5.74) is 0. The fourth-order valence-corrected chi connectivity index (χ4v) is 3.61. The van der Waals surface area contributed by atoms with Crippen LogP contribution < -0.4 is 5.32 Å². The van der Waals surface area contributed by atoms with Gasteiger partial charge in [0.15, 0.2) is 0 Å². The maximum absolute atomic E-state index is 11.7. The molecule has 1 saturated heterocycles. The molecule has 1 heterocycles. The quantitative estimate of drug-likeness (QED) is 0.361. The van der Waals surface area contributed by atoms with Gasteiger partial charge in [0.2, 0.25) is 0 Å². The van der Waals surface area contributed by atoms with Crippen LogP contribution in [0.2, 0.25) is 0.889 Å². The minimum absolute atomic E-state index is 0.0357. The van der Waals surface area contributed by atoms with Crippen molar-refractivity contribution in [2.24, 2.45) is 0 Å². The third-order valence-electron chi connectivity index (χ3n) is 3.13. The Kier molecular flexibility index (Phi) is 8.17. The minimum atomic E-state index is -0.123. The first-order valence-corrected chi connectivity index (χ1v) is 9.50. The van der Waals surface area contributed by atoms with Crippen LogP contribution in [0.3, 0.4) is 0 Å². The first kappa shape index (κ1) is 17.1. The zero-order valence-electron chi connectivity index (χ0n) is 11.6. The monoisotopic (exact) mass is 344 g/mol. The van der Waals surface area contributed by atoms with E-state index in [9.17, 15) is 14.4 Å². The van der Waals surface area contributed by atoms with Crippen LogP contribution >= 0.6 is 0 Å². The van der Waals surface area contributed by atoms with Crippen LogP contribution in [0.1, 0.15) is 25.7 Å². The number of rotatable bonds is 8. The zero-order valence-corrected chi connectivity index (χ0v) is 16.5. The molecule has 0 saturated carbocycles. The second-order valence-corrected chi connectivity index (χ2v) is 8.21. The molecule has 0 spiro atoms. The Labute approximate surface area is 142 Å². The molecule has 0 aromatic rings. The zero-order chi connectivity index (χ0) is 14.3. The van der Waals surface area contributed by atoms with Crippen molar-refractivity contribution in [2.75, 3.05) is 26.8 Å². The number of nitrogens with one attached hydrogen (secondary N) is 1. The normalized spacial score (nSPS) is 18.9. The van der Waals surface area contributed by atoms with Crippen molar-refractivity contribution in [1.29, 1.82) is 0 Å². The molecule has 1 aliphatic heterocycles. The fourth-order valence-electron chi connectivity index (χ4n) is 1.98. The van der Waals surface area contributed by atoms with E-state index in [-0.39, 0.29) is 74.8 Å². The van der Waals surface area contributed by atoms with Gasteiger partial charge >= 0.3 is 137 Å². The van der Waals surface area contributed by atoms with Crippen LogP contribution in [0.5, 0.6) is 0 Å². The molecule has 1 atom stereocenters. The number of methoxy groups -OCH3 is 1. The molecule has 1 unspecified atom stereocenters. The Balaban J connectivity index is 2.16. The molecule has 104 valence electrons. The van der Waals surface area contributed by atoms with Crippen LogP contribution in [-0.4, -0.2) is 92.7 Å². The van der Waals surface area contributed by atoms with E-state index in [1.54, 1.807) is 7.11 Å². The summed E-state index contributed by atoms with van der Waals surface area (Å²) in [5, 5.41) is 2.78. The van der Waals surface area contributed by atoms with Crippen LogP contribution in [0.4, 0.5) is 0 Å². The average Bonchev–Trinajstić information content (AvgIpc) is 2.61. The van der Waals surface area contributed by atoms with Gasteiger partial charge < -0.3 is 0 Å². The van der Waals surface area contributed by atoms with E-state index in [1.807, 2.05) is 0 Å². The van der Waals surface area contributed by atoms with Gasteiger partial charge in [0.05, 0.1) is 0 Å². The van der Waals surface area contributed by atoms with E-state index in [0.717, 1.165) is 12.8 Å². The SMILES string of the molecule is COCCCCNC(=O)CCN1C(=O)C[CH]([SrH])C1=O. The first-order chi connectivity index (χ1) is 9.06. The number of carbonyl (C=O) groups is 3. The molecule has 0 aromatic heterocycles. The maximum atomic E-state index is 11.7. The van der Waals surface area contributed by atoms with Crippen molar-refractivity contribution < 1.29 is 19.1 Å². The van der Waals surface area contributed by atoms with Gasteiger partial charge in [-0.25, -0.2) is 0 Å². The number of unbranched alkanes of at least 4 members (excludes halogenated alkanes) is 1. The van der Waals surface area contributed by atoms with E-state index in [1.165, 1.54) is 4.90 Å². The molecule has 6 nitrogen and oxygen atoms in total. The molecule has 0 aromatic carbocycles. The van der Waals surface area contributed by atoms with Gasteiger partial charge in [0, 0.05) is 7.11 Å². The van der Waals surface area contributed by atoms with Crippen LogP contribution in [0, 0.1) is 0 Å². The van der Waals surface area contributed by atoms with E-state index >= 15 is 0 Å². The van der Waals surface area contributed by atoms with Gasteiger partial charge in [-0.05, 0) is 0 Å². The van der Waals surface area contributed by atoms with Gasteiger partial charge in [0.1, 0.15) is 0 Å². The summed E-state index contributed by atoms with van der Waals surface area (Å²) in [4.78, 5) is 36.0. The molecule has 1 rings (SSSR count). The second kappa shape index (κ2) is 9.07. The fraction of sp³-hybridized carbons (Fsp3) is 0.750. The molecule has 0 aliphatic carbocycles. The van der Waals surface area contributed by atoms with Crippen LogP contribution in [0.25, 0.3) is 0 Å². The number of amides is 3. The standard InChI is InChI=1S/C12H19N2O4.Sr.H/c1-18-9-3-2-7-13-10(15)6-8-14-11(16)4-5-12(14)17;;/h4H,2-3,5-9H2,1H3,(H,13,15);;. The van der Waals surface area contributed by atoms with E-state index in [4.69, 9.17) is 4.74 Å². The average molecular weight is 344 g/mol. The Morgan fingerprint density at radius 2 is 2.21 bits per heavy atom. The molecule has 7 heteroatoms. The van der Waals surface area contributed by atoms with Crippen molar-refractivity contribution in [3.63, 3.8) is 0 Å². The molecule has 1 aliphatic rings. The first-order valence-electron chi connectivity index (χ1n) is 6.66. The van der Waals surface area contributed by atoms with Crippen molar-refractivity contribution in [1.82, 2.24) is 10.2 Å². The summed E-state index contributed by atoms with van der Waals surface area (Å²) in [6.45, 7) is 1.52. The van der Waals surface area contributed by atoms with Gasteiger partial charge in [-0.1, -0.05) is 0 Å². The molecule has 19 heavy (non-hydrogen) atoms. The second-order valence-electron chi connectivity index (χ2n) is 4.79. The van der Waals surface area contributed by atoms with E-state index in [2.05, 4.69) is 5.32 Å². The predicted octanol–water partition coefficient (Wildman–Crippen LogP) is -0.632. The van der Waals surface area contributed by atoms with Crippen molar-refractivity contribution >= 4 is 61.0 Å². The summed E-state index contributed by atoms with van der Waals surface area (Å²) in [6, 6.07) is 0. The topological polar surface area (TPSA) is 75.7 Å². The molecular weight excluding hydrogens is 324 g/mol. The van der Waals surface area contributed by atoms with Gasteiger partial charge in [0.25, 0.3) is 0 Å². The van der Waals surface area contributed by atoms with Crippen molar-refractivity contribution in [2.45, 2.75) is 26.6 Å². The predicted molar refractivity (Wildman–Crippen MR) is 71.0 cm³/mol. The number of ether oxygens (including phenoxy) is 1. The van der Waals surface area contributed by atoms with Gasteiger partial charge in [-0.2, -0.15) is 0 Å². The van der Waals surface area contributed by atoms with Crippen molar-refractivity contribution in [3.8, 4) is 0 Å². The van der Waals surface area contributed by atoms with Gasteiger partial charge in [-0.15, -0.1) is 0 Å². The molecule has 3 amide bonds. The molecule has 0 bridgehead atoms. The van der Waals surface area contributed by atoms with E-state index < -0.39 is 0 Å². The molecule has 0 radical (unpaired) electrons. The summed E-state index contributed by atoms with van der Waals surface area (Å²) >= 11 is 0.163. The Bertz CT molecular complexity index is 349. The number of nitrogens with zero attached hydrogens (tertiary/aromatic N) is 1. The summed E-state index contributed by atoms with van der Waals surface area (Å²) in [5.74, 6) is -0.308. The number of hydrogen-bond donors (Lipinski definition) is 1. The molecule has 1 N–H and O–H groups in total. The van der Waals surface area contributed by atoms with Crippen LogP contribution in [0.15, 0.2) is 0 Å². The summed E-state index contributed by atoms with van der Waals surface area (Å²) < 4.78 is 4.87. The summed E-state index contributed by atoms with van der Waals surface area (Å²) in [6.07, 6.45) is 2.33. The van der Waals surface area contributed by atoms with Crippen molar-refractivity contribution in [3.05, 3.63) is 0 Å². The van der Waals surface area contributed by atoms with Gasteiger partial charge in [-0.3, -0.25) is 0 Å². The molecule has 1 fully saturated rings. The summed E-state index contributed by atoms with van der Waals surface area (Å²) in [7, 11) is 1.65. The number of likely N-dealkylation sites (tertiary alicyclic amines) is 1.